The fourth-order valence-electron chi connectivity index (χ4n) is 2.85. The molecule has 0 unspecified atom stereocenters. The van der Waals surface area contributed by atoms with Crippen molar-refractivity contribution < 1.29 is 9.59 Å². The molecule has 1 atom stereocenters. The summed E-state index contributed by atoms with van der Waals surface area (Å²) in [5, 5.41) is 2.72. The lowest BCUT2D eigenvalue weighted by Crippen LogP contribution is -2.49. The van der Waals surface area contributed by atoms with Gasteiger partial charge in [-0.3, -0.25) is 14.5 Å². The molecule has 1 heterocycles. The molecule has 0 aromatic heterocycles. The first-order chi connectivity index (χ1) is 10.1. The van der Waals surface area contributed by atoms with Gasteiger partial charge in [0.05, 0.1) is 6.04 Å². The van der Waals surface area contributed by atoms with E-state index in [1.807, 2.05) is 31.2 Å². The van der Waals surface area contributed by atoms with Crippen LogP contribution >= 0.6 is 0 Å². The van der Waals surface area contributed by atoms with Crippen LogP contribution in [0.25, 0.3) is 0 Å². The molecule has 1 aliphatic heterocycles. The topological polar surface area (TPSA) is 49.4 Å². The van der Waals surface area contributed by atoms with Gasteiger partial charge in [-0.25, -0.2) is 0 Å². The number of carbonyl (C=O) groups excluding carboxylic acids is 2. The lowest BCUT2D eigenvalue weighted by atomic mass is 10.00. The fraction of sp³-hybridized carbons (Fsp3) is 0.529. The smallest absolute Gasteiger partial charge is 0.237 e. The van der Waals surface area contributed by atoms with Crippen LogP contribution in [-0.4, -0.2) is 42.8 Å². The molecule has 1 aliphatic rings. The second-order valence-electron chi connectivity index (χ2n) is 5.70. The van der Waals surface area contributed by atoms with E-state index in [4.69, 9.17) is 0 Å². The second kappa shape index (κ2) is 7.36. The van der Waals surface area contributed by atoms with E-state index < -0.39 is 0 Å². The van der Waals surface area contributed by atoms with E-state index in [9.17, 15) is 9.59 Å². The van der Waals surface area contributed by atoms with E-state index >= 15 is 0 Å². The van der Waals surface area contributed by atoms with Crippen LogP contribution in [0.1, 0.15) is 41.6 Å². The van der Waals surface area contributed by atoms with Crippen molar-refractivity contribution in [3.05, 3.63) is 35.4 Å². The first-order valence-corrected chi connectivity index (χ1v) is 7.67. The van der Waals surface area contributed by atoms with Crippen molar-refractivity contribution in [3.63, 3.8) is 0 Å². The molecule has 1 aromatic rings. The summed E-state index contributed by atoms with van der Waals surface area (Å²) < 4.78 is 0. The Morgan fingerprint density at radius 3 is 2.62 bits per heavy atom. The molecule has 0 saturated carbocycles. The molecule has 4 heteroatoms. The number of rotatable bonds is 5. The number of amides is 1. The van der Waals surface area contributed by atoms with Crippen LogP contribution < -0.4 is 5.32 Å². The number of hydrogen-bond acceptors (Lipinski definition) is 3. The Kier molecular flexibility index (Phi) is 5.51. The van der Waals surface area contributed by atoms with Crippen LogP contribution in [-0.2, 0) is 4.79 Å². The first-order valence-electron chi connectivity index (χ1n) is 7.67. The number of likely N-dealkylation sites (tertiary alicyclic amines) is 1. The van der Waals surface area contributed by atoms with Gasteiger partial charge in [0.25, 0.3) is 0 Å². The molecular weight excluding hydrogens is 264 g/mol. The minimum atomic E-state index is -0.0745. The van der Waals surface area contributed by atoms with Crippen molar-refractivity contribution in [2.75, 3.05) is 20.1 Å². The number of likely N-dealkylation sites (N-methyl/N-ethyl adjacent to an activating group) is 1. The Labute approximate surface area is 126 Å². The van der Waals surface area contributed by atoms with Gasteiger partial charge in [0, 0.05) is 25.6 Å². The highest BCUT2D eigenvalue weighted by Crippen LogP contribution is 2.18. The van der Waals surface area contributed by atoms with Gasteiger partial charge >= 0.3 is 0 Å². The Bertz CT molecular complexity index is 496. The van der Waals surface area contributed by atoms with Crippen molar-refractivity contribution in [1.29, 1.82) is 0 Å². The highest BCUT2D eigenvalue weighted by Gasteiger charge is 2.27. The largest absolute Gasteiger partial charge is 0.358 e. The van der Waals surface area contributed by atoms with Gasteiger partial charge in [-0.05, 0) is 26.3 Å². The molecule has 0 aliphatic carbocycles. The zero-order valence-electron chi connectivity index (χ0n) is 12.9. The van der Waals surface area contributed by atoms with E-state index in [2.05, 4.69) is 10.2 Å². The molecule has 2 rings (SSSR count). The van der Waals surface area contributed by atoms with Crippen molar-refractivity contribution in [3.8, 4) is 0 Å². The molecule has 1 aromatic carbocycles. The van der Waals surface area contributed by atoms with E-state index in [1.165, 1.54) is 0 Å². The first kappa shape index (κ1) is 15.7. The van der Waals surface area contributed by atoms with Crippen LogP contribution in [0.2, 0.25) is 0 Å². The maximum Gasteiger partial charge on any atom is 0.237 e. The van der Waals surface area contributed by atoms with Gasteiger partial charge in [0.1, 0.15) is 0 Å². The number of aryl methyl sites for hydroxylation is 1. The molecule has 21 heavy (non-hydrogen) atoms. The minimum absolute atomic E-state index is 0.0671. The van der Waals surface area contributed by atoms with Crippen molar-refractivity contribution in [2.45, 2.75) is 38.6 Å². The molecule has 114 valence electrons. The maximum absolute atomic E-state index is 12.2. The van der Waals surface area contributed by atoms with Crippen LogP contribution in [0.3, 0.4) is 0 Å². The van der Waals surface area contributed by atoms with E-state index in [0.717, 1.165) is 36.9 Å². The normalized spacial score (nSPS) is 19.2. The van der Waals surface area contributed by atoms with Crippen molar-refractivity contribution >= 4 is 11.7 Å². The number of ketones is 1. The van der Waals surface area contributed by atoms with Gasteiger partial charge in [-0.15, -0.1) is 0 Å². The number of carbonyl (C=O) groups is 2. The lowest BCUT2D eigenvalue weighted by molar-refractivity contribution is -0.127. The third kappa shape index (κ3) is 4.14. The highest BCUT2D eigenvalue weighted by atomic mass is 16.2. The van der Waals surface area contributed by atoms with Crippen molar-refractivity contribution in [1.82, 2.24) is 10.2 Å². The molecule has 0 spiro atoms. The summed E-state index contributed by atoms with van der Waals surface area (Å²) in [6.07, 6.45) is 3.54. The Balaban J connectivity index is 1.92. The van der Waals surface area contributed by atoms with Gasteiger partial charge in [-0.2, -0.15) is 0 Å². The SMILES string of the molecule is CNC(=O)[C@@H]1CCCCN1CCC(=O)c1ccc(C)cc1. The molecule has 1 saturated heterocycles. The summed E-state index contributed by atoms with van der Waals surface area (Å²) in [5.41, 5.74) is 1.91. The Morgan fingerprint density at radius 2 is 1.95 bits per heavy atom. The lowest BCUT2D eigenvalue weighted by Gasteiger charge is -2.34. The van der Waals surface area contributed by atoms with Gasteiger partial charge in [0.2, 0.25) is 5.91 Å². The standard InChI is InChI=1S/C17H24N2O2/c1-13-6-8-14(9-7-13)16(20)10-12-19-11-4-3-5-15(19)17(21)18-2/h6-9,15H,3-5,10-12H2,1-2H3,(H,18,21)/t15-/m0/s1. The number of benzene rings is 1. The monoisotopic (exact) mass is 288 g/mol. The van der Waals surface area contributed by atoms with Gasteiger partial charge in [-0.1, -0.05) is 36.2 Å². The second-order valence-corrected chi connectivity index (χ2v) is 5.70. The summed E-state index contributed by atoms with van der Waals surface area (Å²) in [6.45, 7) is 3.57. The zero-order chi connectivity index (χ0) is 15.2. The average Bonchev–Trinajstić information content (AvgIpc) is 2.52. The summed E-state index contributed by atoms with van der Waals surface area (Å²) >= 11 is 0. The predicted octanol–water partition coefficient (Wildman–Crippen LogP) is 2.17. The average molecular weight is 288 g/mol. The van der Waals surface area contributed by atoms with Gasteiger partial charge in [0.15, 0.2) is 5.78 Å². The number of Topliss-reactive ketones (excluding diaryl/α,β-unsaturated/α-hetero) is 1. The predicted molar refractivity (Wildman–Crippen MR) is 83.4 cm³/mol. The quantitative estimate of drug-likeness (QED) is 0.845. The summed E-state index contributed by atoms with van der Waals surface area (Å²) in [7, 11) is 1.67. The van der Waals surface area contributed by atoms with E-state index in [1.54, 1.807) is 7.05 Å². The highest BCUT2D eigenvalue weighted by molar-refractivity contribution is 5.96. The molecular formula is C17H24N2O2. The third-order valence-electron chi connectivity index (χ3n) is 4.16. The zero-order valence-corrected chi connectivity index (χ0v) is 12.9. The number of hydrogen-bond donors (Lipinski definition) is 1. The Hall–Kier alpha value is -1.68. The fourth-order valence-corrected chi connectivity index (χ4v) is 2.85. The number of nitrogens with zero attached hydrogens (tertiary/aromatic N) is 1. The summed E-state index contributed by atoms with van der Waals surface area (Å²) in [6, 6.07) is 7.60. The molecule has 0 radical (unpaired) electrons. The molecule has 1 N–H and O–H groups in total. The Morgan fingerprint density at radius 1 is 1.24 bits per heavy atom. The number of nitrogens with one attached hydrogen (secondary N) is 1. The van der Waals surface area contributed by atoms with Gasteiger partial charge < -0.3 is 5.32 Å². The minimum Gasteiger partial charge on any atom is -0.358 e. The van der Waals surface area contributed by atoms with Crippen LogP contribution in [0.4, 0.5) is 0 Å². The molecule has 1 amide bonds. The molecule has 0 bridgehead atoms. The molecule has 1 fully saturated rings. The van der Waals surface area contributed by atoms with Crippen molar-refractivity contribution in [2.24, 2.45) is 0 Å². The molecule has 4 nitrogen and oxygen atoms in total. The maximum atomic E-state index is 12.2. The number of piperidine rings is 1. The van der Waals surface area contributed by atoms with Crippen LogP contribution in [0, 0.1) is 6.92 Å². The van der Waals surface area contributed by atoms with Crippen LogP contribution in [0.5, 0.6) is 0 Å². The van der Waals surface area contributed by atoms with Crippen LogP contribution in [0.15, 0.2) is 24.3 Å². The van der Waals surface area contributed by atoms with E-state index in [0.29, 0.717) is 13.0 Å². The van der Waals surface area contributed by atoms with E-state index in [-0.39, 0.29) is 17.7 Å². The third-order valence-corrected chi connectivity index (χ3v) is 4.16. The summed E-state index contributed by atoms with van der Waals surface area (Å²) in [4.78, 5) is 26.3. The summed E-state index contributed by atoms with van der Waals surface area (Å²) in [5.74, 6) is 0.216.